The normalized spacial score (nSPS) is 10.6. The molecule has 0 saturated heterocycles. The molecule has 0 heterocycles. The first-order valence-corrected chi connectivity index (χ1v) is 9.06. The fourth-order valence-corrected chi connectivity index (χ4v) is 2.73. The van der Waals surface area contributed by atoms with Gasteiger partial charge in [0.15, 0.2) is 0 Å². The second-order valence-electron chi connectivity index (χ2n) is 6.36. The van der Waals surface area contributed by atoms with Gasteiger partial charge in [0.05, 0.1) is 12.4 Å². The van der Waals surface area contributed by atoms with E-state index in [1.54, 1.807) is 12.4 Å². The van der Waals surface area contributed by atoms with Crippen molar-refractivity contribution < 1.29 is 0 Å². The van der Waals surface area contributed by atoms with Gasteiger partial charge in [-0.2, -0.15) is 10.2 Å². The van der Waals surface area contributed by atoms with Crippen LogP contribution in [0.2, 0.25) is 0 Å². The lowest BCUT2D eigenvalue weighted by Gasteiger charge is -2.07. The first-order valence-electron chi connectivity index (χ1n) is 9.06. The number of rotatable bonds is 6. The summed E-state index contributed by atoms with van der Waals surface area (Å²) in [6.07, 6.45) is 3.19. The SMILES string of the molecule is Cl.NC(N)=N/N=C\c1ccc(-c2cccc(-c3ccc(/C=N/N=C(N)N)cc3)c2)cc1. The third-order valence-corrected chi connectivity index (χ3v) is 4.11. The largest absolute Gasteiger partial charge is 0.369 e. The molecule has 0 atom stereocenters. The average molecular weight is 435 g/mol. The van der Waals surface area contributed by atoms with Crippen molar-refractivity contribution in [3.05, 3.63) is 83.9 Å². The Morgan fingerprint density at radius 3 is 1.29 bits per heavy atom. The van der Waals surface area contributed by atoms with Gasteiger partial charge in [-0.1, -0.05) is 66.7 Å². The van der Waals surface area contributed by atoms with Gasteiger partial charge in [-0.25, -0.2) is 0 Å². The van der Waals surface area contributed by atoms with Crippen molar-refractivity contribution in [3.8, 4) is 22.3 Å². The molecule has 8 N–H and O–H groups in total. The molecule has 0 aliphatic rings. The van der Waals surface area contributed by atoms with E-state index in [2.05, 4.69) is 38.6 Å². The summed E-state index contributed by atoms with van der Waals surface area (Å²) in [6, 6.07) is 24.3. The molecule has 0 saturated carbocycles. The smallest absolute Gasteiger partial charge is 0.211 e. The Bertz CT molecular complexity index is 1020. The van der Waals surface area contributed by atoms with E-state index in [0.29, 0.717) is 0 Å². The zero-order valence-electron chi connectivity index (χ0n) is 16.6. The summed E-state index contributed by atoms with van der Waals surface area (Å²) in [6.45, 7) is 0. The Balaban J connectivity index is 0.00000341. The average Bonchev–Trinajstić information content (AvgIpc) is 2.74. The highest BCUT2D eigenvalue weighted by atomic mass is 35.5. The van der Waals surface area contributed by atoms with Crippen LogP contribution in [-0.2, 0) is 0 Å². The van der Waals surface area contributed by atoms with Crippen LogP contribution in [0.1, 0.15) is 11.1 Å². The standard InChI is InChI=1S/C22H22N8.ClH/c23-21(24)29-27-13-15-4-8-17(9-5-15)19-2-1-3-20(12-19)18-10-6-16(7-11-18)14-28-30-22(25)26;/h1-14H,(H4,23,24,29)(H4,25,26,30);1H/b27-13-,28-14+;. The van der Waals surface area contributed by atoms with Crippen LogP contribution in [-0.4, -0.2) is 24.3 Å². The molecule has 3 aromatic carbocycles. The van der Waals surface area contributed by atoms with E-state index in [4.69, 9.17) is 22.9 Å². The number of guanidine groups is 2. The van der Waals surface area contributed by atoms with Crippen LogP contribution >= 0.6 is 12.4 Å². The predicted octanol–water partition coefficient (Wildman–Crippen LogP) is 2.66. The van der Waals surface area contributed by atoms with Crippen LogP contribution in [0.5, 0.6) is 0 Å². The fraction of sp³-hybridized carbons (Fsp3) is 0. The molecule has 0 spiro atoms. The zero-order chi connectivity index (χ0) is 21.3. The van der Waals surface area contributed by atoms with E-state index in [0.717, 1.165) is 33.4 Å². The number of nitrogens with zero attached hydrogens (tertiary/aromatic N) is 4. The van der Waals surface area contributed by atoms with Gasteiger partial charge >= 0.3 is 0 Å². The second kappa shape index (κ2) is 11.1. The van der Waals surface area contributed by atoms with Crippen molar-refractivity contribution in [2.24, 2.45) is 43.3 Å². The summed E-state index contributed by atoms with van der Waals surface area (Å²) in [5.74, 6) is -0.150. The number of nitrogens with two attached hydrogens (primary N) is 4. The van der Waals surface area contributed by atoms with E-state index in [-0.39, 0.29) is 24.3 Å². The van der Waals surface area contributed by atoms with Crippen molar-refractivity contribution in [2.45, 2.75) is 0 Å². The van der Waals surface area contributed by atoms with Crippen LogP contribution < -0.4 is 22.9 Å². The van der Waals surface area contributed by atoms with Gasteiger partial charge in [-0.05, 0) is 39.4 Å². The zero-order valence-corrected chi connectivity index (χ0v) is 17.4. The minimum absolute atomic E-state index is 0. The van der Waals surface area contributed by atoms with Crippen molar-refractivity contribution >= 4 is 36.8 Å². The van der Waals surface area contributed by atoms with Crippen molar-refractivity contribution in [2.75, 3.05) is 0 Å². The number of hydrogen-bond acceptors (Lipinski definition) is 4. The predicted molar refractivity (Wildman–Crippen MR) is 131 cm³/mol. The van der Waals surface area contributed by atoms with Gasteiger partial charge in [0, 0.05) is 0 Å². The van der Waals surface area contributed by atoms with E-state index in [9.17, 15) is 0 Å². The molecule has 3 aromatic rings. The van der Waals surface area contributed by atoms with Crippen LogP contribution in [0, 0.1) is 0 Å². The molecule has 0 aliphatic carbocycles. The lowest BCUT2D eigenvalue weighted by molar-refractivity contribution is 1.21. The maximum atomic E-state index is 5.25. The highest BCUT2D eigenvalue weighted by Gasteiger charge is 2.02. The third-order valence-electron chi connectivity index (χ3n) is 4.11. The van der Waals surface area contributed by atoms with Crippen LogP contribution in [0.25, 0.3) is 22.3 Å². The topological polar surface area (TPSA) is 154 Å². The lowest BCUT2D eigenvalue weighted by Crippen LogP contribution is -2.21. The van der Waals surface area contributed by atoms with Gasteiger partial charge in [-0.15, -0.1) is 22.6 Å². The fourth-order valence-electron chi connectivity index (χ4n) is 2.73. The highest BCUT2D eigenvalue weighted by Crippen LogP contribution is 2.26. The Hall–Kier alpha value is -4.17. The Morgan fingerprint density at radius 1 is 0.548 bits per heavy atom. The highest BCUT2D eigenvalue weighted by molar-refractivity contribution is 5.85. The van der Waals surface area contributed by atoms with Crippen molar-refractivity contribution in [1.29, 1.82) is 0 Å². The monoisotopic (exact) mass is 434 g/mol. The van der Waals surface area contributed by atoms with E-state index < -0.39 is 0 Å². The van der Waals surface area contributed by atoms with Crippen LogP contribution in [0.4, 0.5) is 0 Å². The summed E-state index contributed by atoms with van der Waals surface area (Å²) >= 11 is 0. The third kappa shape index (κ3) is 6.98. The minimum Gasteiger partial charge on any atom is -0.369 e. The molecule has 31 heavy (non-hydrogen) atoms. The first-order chi connectivity index (χ1) is 14.5. The van der Waals surface area contributed by atoms with Crippen molar-refractivity contribution in [3.63, 3.8) is 0 Å². The van der Waals surface area contributed by atoms with Gasteiger partial charge < -0.3 is 22.9 Å². The summed E-state index contributed by atoms with van der Waals surface area (Å²) in [5, 5.41) is 14.8. The molecular weight excluding hydrogens is 412 g/mol. The van der Waals surface area contributed by atoms with Gasteiger partial charge in [0.1, 0.15) is 0 Å². The molecule has 0 bridgehead atoms. The molecule has 0 unspecified atom stereocenters. The van der Waals surface area contributed by atoms with Crippen molar-refractivity contribution in [1.82, 2.24) is 0 Å². The Morgan fingerprint density at radius 2 is 0.935 bits per heavy atom. The second-order valence-corrected chi connectivity index (χ2v) is 6.36. The first kappa shape index (κ1) is 23.1. The number of hydrogen-bond donors (Lipinski definition) is 4. The molecule has 0 aromatic heterocycles. The molecule has 0 fully saturated rings. The van der Waals surface area contributed by atoms with Crippen LogP contribution in [0.3, 0.4) is 0 Å². The molecule has 0 aliphatic heterocycles. The van der Waals surface area contributed by atoms with Gasteiger partial charge in [0.2, 0.25) is 11.9 Å². The Kier molecular flexibility index (Phi) is 8.30. The maximum absolute atomic E-state index is 5.25. The molecular formula is C22H23ClN8. The lowest BCUT2D eigenvalue weighted by atomic mass is 9.98. The van der Waals surface area contributed by atoms with Gasteiger partial charge in [-0.3, -0.25) is 0 Å². The minimum atomic E-state index is -0.0752. The number of benzene rings is 3. The van der Waals surface area contributed by atoms with Gasteiger partial charge in [0.25, 0.3) is 0 Å². The summed E-state index contributed by atoms with van der Waals surface area (Å²) in [5.41, 5.74) is 27.2. The molecule has 8 nitrogen and oxygen atoms in total. The molecule has 0 amide bonds. The molecule has 9 heteroatoms. The van der Waals surface area contributed by atoms with E-state index in [1.807, 2.05) is 54.6 Å². The quantitative estimate of drug-likeness (QED) is 0.267. The summed E-state index contributed by atoms with van der Waals surface area (Å²) in [4.78, 5) is 0. The molecule has 3 rings (SSSR count). The maximum Gasteiger partial charge on any atom is 0.211 e. The molecule has 0 radical (unpaired) electrons. The Labute approximate surface area is 186 Å². The van der Waals surface area contributed by atoms with E-state index >= 15 is 0 Å². The molecule has 158 valence electrons. The van der Waals surface area contributed by atoms with Crippen LogP contribution in [0.15, 0.2) is 93.2 Å². The summed E-state index contributed by atoms with van der Waals surface area (Å²) < 4.78 is 0. The summed E-state index contributed by atoms with van der Waals surface area (Å²) in [7, 11) is 0. The number of halogens is 1. The van der Waals surface area contributed by atoms with E-state index in [1.165, 1.54) is 0 Å².